The van der Waals surface area contributed by atoms with Gasteiger partial charge < -0.3 is 15.0 Å². The molecular weight excluding hydrogens is 514 g/mol. The van der Waals surface area contributed by atoms with Crippen molar-refractivity contribution in [3.05, 3.63) is 99.7 Å². The Hall–Kier alpha value is -3.88. The second-order valence-corrected chi connectivity index (χ2v) is 11.0. The second kappa shape index (κ2) is 10.8. The van der Waals surface area contributed by atoms with Crippen LogP contribution >= 0.6 is 23.1 Å². The van der Waals surface area contributed by atoms with Crippen molar-refractivity contribution >= 4 is 44.9 Å². The maximum absolute atomic E-state index is 13.0. The van der Waals surface area contributed by atoms with Crippen LogP contribution in [0.15, 0.2) is 88.1 Å². The number of hydrogen-bond donors (Lipinski definition) is 2. The average molecular weight is 540 g/mol. The molecule has 1 amide bonds. The first-order chi connectivity index (χ1) is 18.6. The number of aryl methyl sites for hydroxylation is 2. The summed E-state index contributed by atoms with van der Waals surface area (Å²) in [5.74, 6) is 1.37. The predicted molar refractivity (Wildman–Crippen MR) is 155 cm³/mol. The number of anilines is 1. The molecule has 190 valence electrons. The lowest BCUT2D eigenvalue weighted by atomic mass is 9.89. The number of aromatic amines is 1. The molecule has 0 aliphatic heterocycles. The first-order valence-electron chi connectivity index (χ1n) is 12.5. The minimum absolute atomic E-state index is 0.125. The molecule has 6 nitrogen and oxygen atoms in total. The van der Waals surface area contributed by atoms with Crippen molar-refractivity contribution in [3.8, 4) is 22.6 Å². The van der Waals surface area contributed by atoms with Gasteiger partial charge in [0.15, 0.2) is 5.16 Å². The van der Waals surface area contributed by atoms with Crippen LogP contribution in [0.4, 0.5) is 5.69 Å². The highest BCUT2D eigenvalue weighted by Crippen LogP contribution is 2.34. The number of amides is 1. The van der Waals surface area contributed by atoms with Gasteiger partial charge in [-0.15, -0.1) is 11.3 Å². The topological polar surface area (TPSA) is 84.1 Å². The molecule has 0 fully saturated rings. The Labute approximate surface area is 228 Å². The van der Waals surface area contributed by atoms with E-state index in [1.54, 1.807) is 24.3 Å². The fourth-order valence-electron chi connectivity index (χ4n) is 4.67. The van der Waals surface area contributed by atoms with Crippen LogP contribution in [0, 0.1) is 0 Å². The van der Waals surface area contributed by atoms with E-state index in [1.807, 2.05) is 35.7 Å². The highest BCUT2D eigenvalue weighted by atomic mass is 32.2. The van der Waals surface area contributed by atoms with E-state index in [0.717, 1.165) is 29.7 Å². The van der Waals surface area contributed by atoms with Crippen LogP contribution in [-0.2, 0) is 17.6 Å². The summed E-state index contributed by atoms with van der Waals surface area (Å²) in [4.78, 5) is 33.7. The smallest absolute Gasteiger partial charge is 0.260 e. The van der Waals surface area contributed by atoms with Crippen LogP contribution in [0.25, 0.3) is 21.3 Å². The maximum atomic E-state index is 13.0. The molecule has 38 heavy (non-hydrogen) atoms. The number of nitrogens with zero attached hydrogens (tertiary/aromatic N) is 1. The van der Waals surface area contributed by atoms with Crippen LogP contribution in [0.1, 0.15) is 24.0 Å². The molecule has 1 aliphatic rings. The number of H-pyrrole nitrogens is 1. The third-order valence-corrected chi connectivity index (χ3v) is 8.28. The molecular formula is C30H25N3O3S2. The molecule has 3 aromatic carbocycles. The maximum Gasteiger partial charge on any atom is 0.260 e. The van der Waals surface area contributed by atoms with Gasteiger partial charge in [0.05, 0.1) is 11.1 Å². The third-order valence-electron chi connectivity index (χ3n) is 6.54. The molecule has 0 spiro atoms. The molecule has 6 rings (SSSR count). The average Bonchev–Trinajstić information content (AvgIpc) is 3.38. The van der Waals surface area contributed by atoms with Gasteiger partial charge in [-0.2, -0.15) is 0 Å². The van der Waals surface area contributed by atoms with Crippen molar-refractivity contribution in [3.63, 3.8) is 0 Å². The lowest BCUT2D eigenvalue weighted by Crippen LogP contribution is -2.15. The fourth-order valence-corrected chi connectivity index (χ4v) is 6.34. The van der Waals surface area contributed by atoms with E-state index in [0.29, 0.717) is 26.8 Å². The van der Waals surface area contributed by atoms with Gasteiger partial charge in [0.25, 0.3) is 5.56 Å². The first-order valence-corrected chi connectivity index (χ1v) is 14.4. The minimum atomic E-state index is -0.185. The number of para-hydroxylation sites is 1. The van der Waals surface area contributed by atoms with Crippen molar-refractivity contribution in [2.45, 2.75) is 30.8 Å². The van der Waals surface area contributed by atoms with Crippen LogP contribution in [0.3, 0.4) is 0 Å². The Kier molecular flexibility index (Phi) is 6.98. The number of benzene rings is 3. The van der Waals surface area contributed by atoms with E-state index >= 15 is 0 Å². The summed E-state index contributed by atoms with van der Waals surface area (Å²) >= 11 is 2.66. The molecule has 1 aliphatic carbocycles. The number of aromatic nitrogens is 2. The lowest BCUT2D eigenvalue weighted by molar-refractivity contribution is -0.113. The van der Waals surface area contributed by atoms with Crippen LogP contribution in [0.5, 0.6) is 11.5 Å². The molecule has 0 radical (unpaired) electrons. The number of ether oxygens (including phenoxy) is 1. The number of carbonyl (C=O) groups is 1. The van der Waals surface area contributed by atoms with Crippen molar-refractivity contribution in [2.75, 3.05) is 11.1 Å². The largest absolute Gasteiger partial charge is 0.457 e. The van der Waals surface area contributed by atoms with Gasteiger partial charge >= 0.3 is 0 Å². The summed E-state index contributed by atoms with van der Waals surface area (Å²) in [5, 5.41) is 5.92. The zero-order valence-electron chi connectivity index (χ0n) is 20.5. The van der Waals surface area contributed by atoms with Crippen molar-refractivity contribution in [1.29, 1.82) is 0 Å². The predicted octanol–water partition coefficient (Wildman–Crippen LogP) is 7.05. The monoisotopic (exact) mass is 539 g/mol. The van der Waals surface area contributed by atoms with E-state index in [4.69, 9.17) is 4.74 Å². The van der Waals surface area contributed by atoms with Gasteiger partial charge in [0.1, 0.15) is 16.3 Å². The van der Waals surface area contributed by atoms with Crippen molar-refractivity contribution in [2.24, 2.45) is 0 Å². The quantitative estimate of drug-likeness (QED) is 0.171. The summed E-state index contributed by atoms with van der Waals surface area (Å²) in [7, 11) is 0. The Balaban J connectivity index is 1.10. The summed E-state index contributed by atoms with van der Waals surface area (Å²) < 4.78 is 5.79. The molecule has 0 saturated heterocycles. The van der Waals surface area contributed by atoms with Crippen molar-refractivity contribution < 1.29 is 9.53 Å². The number of thiophene rings is 1. The SMILES string of the molecule is O=C(CSc1nc2scc(-c3ccc4c(c3)CCCC4)c2c(=O)[nH]1)Nc1ccc(Oc2ccccc2)cc1. The molecule has 5 aromatic rings. The Bertz CT molecular complexity index is 1660. The van der Waals surface area contributed by atoms with Gasteiger partial charge in [0, 0.05) is 16.6 Å². The van der Waals surface area contributed by atoms with Gasteiger partial charge in [-0.3, -0.25) is 9.59 Å². The lowest BCUT2D eigenvalue weighted by Gasteiger charge is -2.16. The molecule has 0 saturated carbocycles. The van der Waals surface area contributed by atoms with Crippen LogP contribution < -0.4 is 15.6 Å². The molecule has 8 heteroatoms. The zero-order chi connectivity index (χ0) is 25.9. The van der Waals surface area contributed by atoms with Gasteiger partial charge in [-0.25, -0.2) is 4.98 Å². The number of nitrogens with one attached hydrogen (secondary N) is 2. The summed E-state index contributed by atoms with van der Waals surface area (Å²) in [6.07, 6.45) is 4.68. The molecule has 2 N–H and O–H groups in total. The molecule has 2 aromatic heterocycles. The van der Waals surface area contributed by atoms with Crippen LogP contribution in [-0.4, -0.2) is 21.6 Å². The molecule has 0 bridgehead atoms. The van der Waals surface area contributed by atoms with E-state index < -0.39 is 0 Å². The van der Waals surface area contributed by atoms with E-state index in [-0.39, 0.29) is 17.2 Å². The van der Waals surface area contributed by atoms with E-state index in [9.17, 15) is 9.59 Å². The number of carbonyl (C=O) groups excluding carboxylic acids is 1. The normalized spacial score (nSPS) is 12.7. The zero-order valence-corrected chi connectivity index (χ0v) is 22.2. The highest BCUT2D eigenvalue weighted by molar-refractivity contribution is 7.99. The number of thioether (sulfide) groups is 1. The molecule has 0 unspecified atom stereocenters. The minimum Gasteiger partial charge on any atom is -0.457 e. The summed E-state index contributed by atoms with van der Waals surface area (Å²) in [6, 6.07) is 23.2. The number of fused-ring (bicyclic) bond motifs is 2. The molecule has 2 heterocycles. The number of rotatable bonds is 7. The van der Waals surface area contributed by atoms with Gasteiger partial charge in [-0.1, -0.05) is 48.2 Å². The van der Waals surface area contributed by atoms with Gasteiger partial charge in [-0.05, 0) is 78.8 Å². The Morgan fingerprint density at radius 2 is 1.74 bits per heavy atom. The highest BCUT2D eigenvalue weighted by Gasteiger charge is 2.16. The van der Waals surface area contributed by atoms with Crippen LogP contribution in [0.2, 0.25) is 0 Å². The third kappa shape index (κ3) is 5.37. The summed E-state index contributed by atoms with van der Waals surface area (Å²) in [5.41, 5.74) is 5.26. The van der Waals surface area contributed by atoms with Crippen molar-refractivity contribution in [1.82, 2.24) is 9.97 Å². The Morgan fingerprint density at radius 3 is 2.55 bits per heavy atom. The first kappa shape index (κ1) is 24.5. The van der Waals surface area contributed by atoms with Gasteiger partial charge in [0.2, 0.25) is 5.91 Å². The Morgan fingerprint density at radius 1 is 0.974 bits per heavy atom. The standard InChI is InChI=1S/C30H25N3O3S2/c34-26(31-22-12-14-24(15-13-22)36-23-8-2-1-3-9-23)18-38-30-32-28(35)27-25(17-37-29(27)33-30)21-11-10-19-6-4-5-7-20(19)16-21/h1-3,8-17H,4-7,18H2,(H,31,34)(H,32,33,35). The number of hydrogen-bond acceptors (Lipinski definition) is 6. The molecule has 0 atom stereocenters. The second-order valence-electron chi connectivity index (χ2n) is 9.17. The fraction of sp³-hybridized carbons (Fsp3) is 0.167. The van der Waals surface area contributed by atoms with E-state index in [1.165, 1.54) is 47.1 Å². The van der Waals surface area contributed by atoms with E-state index in [2.05, 4.69) is 33.5 Å². The summed E-state index contributed by atoms with van der Waals surface area (Å²) in [6.45, 7) is 0.